The van der Waals surface area contributed by atoms with Crippen LogP contribution in [0.5, 0.6) is 0 Å². The molecule has 1 heterocycles. The third-order valence-electron chi connectivity index (χ3n) is 3.92. The SMILES string of the molecule is CCC(C#N)N1CCN(C(=O)c2ccccc2SC)CC1. The predicted molar refractivity (Wildman–Crippen MR) is 85.4 cm³/mol. The zero-order valence-corrected chi connectivity index (χ0v) is 13.4. The lowest BCUT2D eigenvalue weighted by Gasteiger charge is -2.36. The van der Waals surface area contributed by atoms with Crippen LogP contribution in [-0.4, -0.2) is 54.2 Å². The van der Waals surface area contributed by atoms with Crippen LogP contribution < -0.4 is 0 Å². The number of benzene rings is 1. The van der Waals surface area contributed by atoms with Gasteiger partial charge in [0.1, 0.15) is 0 Å². The molecule has 1 aliphatic heterocycles. The fourth-order valence-electron chi connectivity index (χ4n) is 2.66. The van der Waals surface area contributed by atoms with Gasteiger partial charge in [-0.3, -0.25) is 9.69 Å². The van der Waals surface area contributed by atoms with Gasteiger partial charge >= 0.3 is 0 Å². The van der Waals surface area contributed by atoms with E-state index in [9.17, 15) is 4.79 Å². The molecule has 0 aromatic heterocycles. The molecule has 0 N–H and O–H groups in total. The van der Waals surface area contributed by atoms with Crippen molar-refractivity contribution in [2.24, 2.45) is 0 Å². The fraction of sp³-hybridized carbons (Fsp3) is 0.500. The Bertz CT molecular complexity index is 533. The number of hydrogen-bond donors (Lipinski definition) is 0. The predicted octanol–water partition coefficient (Wildman–Crippen LogP) is 2.47. The van der Waals surface area contributed by atoms with Crippen molar-refractivity contribution in [1.82, 2.24) is 9.80 Å². The number of rotatable bonds is 4. The van der Waals surface area contributed by atoms with E-state index in [-0.39, 0.29) is 11.9 Å². The minimum absolute atomic E-state index is 0.0271. The maximum absolute atomic E-state index is 12.6. The Kier molecular flexibility index (Phi) is 5.66. The molecule has 4 nitrogen and oxygen atoms in total. The van der Waals surface area contributed by atoms with Crippen LogP contribution in [0.2, 0.25) is 0 Å². The van der Waals surface area contributed by atoms with E-state index < -0.39 is 0 Å². The standard InChI is InChI=1S/C16H21N3OS/c1-3-13(12-17)18-8-10-19(11-9-18)16(20)14-6-4-5-7-15(14)21-2/h4-7,13H,3,8-11H2,1-2H3. The molecule has 112 valence electrons. The molecule has 1 aromatic carbocycles. The molecule has 1 amide bonds. The molecule has 0 spiro atoms. The molecule has 21 heavy (non-hydrogen) atoms. The molecule has 1 fully saturated rings. The van der Waals surface area contributed by atoms with E-state index in [1.165, 1.54) is 0 Å². The summed E-state index contributed by atoms with van der Waals surface area (Å²) >= 11 is 1.60. The normalized spacial score (nSPS) is 17.3. The van der Waals surface area contributed by atoms with Crippen LogP contribution >= 0.6 is 11.8 Å². The highest BCUT2D eigenvalue weighted by molar-refractivity contribution is 7.98. The van der Waals surface area contributed by atoms with Crippen molar-refractivity contribution in [3.63, 3.8) is 0 Å². The minimum Gasteiger partial charge on any atom is -0.336 e. The van der Waals surface area contributed by atoms with Gasteiger partial charge in [-0.25, -0.2) is 0 Å². The maximum Gasteiger partial charge on any atom is 0.255 e. The molecule has 0 saturated carbocycles. The third kappa shape index (κ3) is 3.58. The number of carbonyl (C=O) groups is 1. The first-order chi connectivity index (χ1) is 10.2. The molecule has 1 saturated heterocycles. The van der Waals surface area contributed by atoms with Gasteiger partial charge in [-0.1, -0.05) is 19.1 Å². The van der Waals surface area contributed by atoms with Gasteiger partial charge in [0, 0.05) is 31.1 Å². The topological polar surface area (TPSA) is 47.3 Å². The Morgan fingerprint density at radius 1 is 1.33 bits per heavy atom. The lowest BCUT2D eigenvalue weighted by molar-refractivity contribution is 0.0601. The summed E-state index contributed by atoms with van der Waals surface area (Å²) in [6, 6.07) is 10.1. The maximum atomic E-state index is 12.6. The summed E-state index contributed by atoms with van der Waals surface area (Å²) in [5, 5.41) is 9.12. The Hall–Kier alpha value is -1.51. The van der Waals surface area contributed by atoms with Crippen LogP contribution in [0.25, 0.3) is 0 Å². The summed E-state index contributed by atoms with van der Waals surface area (Å²) < 4.78 is 0. The first-order valence-electron chi connectivity index (χ1n) is 7.27. The zero-order chi connectivity index (χ0) is 15.2. The van der Waals surface area contributed by atoms with E-state index in [0.29, 0.717) is 13.1 Å². The van der Waals surface area contributed by atoms with Crippen molar-refractivity contribution >= 4 is 17.7 Å². The van der Waals surface area contributed by atoms with Crippen molar-refractivity contribution in [2.45, 2.75) is 24.3 Å². The number of amides is 1. The number of nitrogens with zero attached hydrogens (tertiary/aromatic N) is 3. The van der Waals surface area contributed by atoms with Gasteiger partial charge in [0.25, 0.3) is 5.91 Å². The summed E-state index contributed by atoms with van der Waals surface area (Å²) in [6.45, 7) is 4.97. The van der Waals surface area contributed by atoms with Crippen LogP contribution in [0.3, 0.4) is 0 Å². The third-order valence-corrected chi connectivity index (χ3v) is 4.71. The quantitative estimate of drug-likeness (QED) is 0.802. The molecule has 0 radical (unpaired) electrons. The van der Waals surface area contributed by atoms with Crippen LogP contribution in [0.4, 0.5) is 0 Å². The summed E-state index contributed by atoms with van der Waals surface area (Å²) in [5.41, 5.74) is 0.783. The second kappa shape index (κ2) is 7.48. The van der Waals surface area contributed by atoms with Gasteiger partial charge in [-0.05, 0) is 24.8 Å². The van der Waals surface area contributed by atoms with Crippen molar-refractivity contribution in [3.8, 4) is 6.07 Å². The highest BCUT2D eigenvalue weighted by Crippen LogP contribution is 2.22. The van der Waals surface area contributed by atoms with Crippen molar-refractivity contribution < 1.29 is 4.79 Å². The van der Waals surface area contributed by atoms with Gasteiger partial charge in [0.15, 0.2) is 0 Å². The number of hydrogen-bond acceptors (Lipinski definition) is 4. The van der Waals surface area contributed by atoms with Crippen LogP contribution in [0.15, 0.2) is 29.2 Å². The average Bonchev–Trinajstić information content (AvgIpc) is 2.56. The van der Waals surface area contributed by atoms with Gasteiger partial charge in [0.2, 0.25) is 0 Å². The lowest BCUT2D eigenvalue weighted by Crippen LogP contribution is -2.51. The van der Waals surface area contributed by atoms with E-state index in [4.69, 9.17) is 5.26 Å². The minimum atomic E-state index is -0.0271. The summed E-state index contributed by atoms with van der Waals surface area (Å²) in [5.74, 6) is 0.101. The summed E-state index contributed by atoms with van der Waals surface area (Å²) in [4.78, 5) is 17.7. The summed E-state index contributed by atoms with van der Waals surface area (Å²) in [7, 11) is 0. The van der Waals surface area contributed by atoms with Gasteiger partial charge < -0.3 is 4.90 Å². The van der Waals surface area contributed by atoms with E-state index in [1.54, 1.807) is 11.8 Å². The van der Waals surface area contributed by atoms with Gasteiger partial charge in [-0.2, -0.15) is 5.26 Å². The van der Waals surface area contributed by atoms with E-state index >= 15 is 0 Å². The lowest BCUT2D eigenvalue weighted by atomic mass is 10.1. The van der Waals surface area contributed by atoms with Crippen LogP contribution in [0, 0.1) is 11.3 Å². The molecule has 0 aliphatic carbocycles. The average molecular weight is 303 g/mol. The number of piperazine rings is 1. The first-order valence-corrected chi connectivity index (χ1v) is 8.49. The largest absolute Gasteiger partial charge is 0.336 e. The second-order valence-corrected chi connectivity index (χ2v) is 5.93. The second-order valence-electron chi connectivity index (χ2n) is 5.08. The number of nitriles is 1. The van der Waals surface area contributed by atoms with Crippen molar-refractivity contribution in [1.29, 1.82) is 5.26 Å². The molecule has 1 aromatic rings. The zero-order valence-electron chi connectivity index (χ0n) is 12.6. The monoisotopic (exact) mass is 303 g/mol. The smallest absolute Gasteiger partial charge is 0.255 e. The molecule has 5 heteroatoms. The Labute approximate surface area is 130 Å². The van der Waals surface area contributed by atoms with Crippen LogP contribution in [0.1, 0.15) is 23.7 Å². The molecule has 1 aliphatic rings. The van der Waals surface area contributed by atoms with Gasteiger partial charge in [0.05, 0.1) is 17.7 Å². The van der Waals surface area contributed by atoms with E-state index in [2.05, 4.69) is 11.0 Å². The molecular weight excluding hydrogens is 282 g/mol. The summed E-state index contributed by atoms with van der Waals surface area (Å²) in [6.07, 6.45) is 2.82. The Balaban J connectivity index is 2.02. The molecule has 1 atom stereocenters. The van der Waals surface area contributed by atoms with Crippen molar-refractivity contribution in [2.75, 3.05) is 32.4 Å². The van der Waals surface area contributed by atoms with Crippen LogP contribution in [-0.2, 0) is 0 Å². The van der Waals surface area contributed by atoms with Gasteiger partial charge in [-0.15, -0.1) is 11.8 Å². The first kappa shape index (κ1) is 15.9. The Morgan fingerprint density at radius 2 is 2.00 bits per heavy atom. The fourth-order valence-corrected chi connectivity index (χ4v) is 3.25. The molecule has 1 unspecified atom stereocenters. The Morgan fingerprint density at radius 3 is 2.57 bits per heavy atom. The molecule has 0 bridgehead atoms. The van der Waals surface area contributed by atoms with E-state index in [1.807, 2.05) is 42.3 Å². The molecular formula is C16H21N3OS. The highest BCUT2D eigenvalue weighted by atomic mass is 32.2. The number of carbonyl (C=O) groups excluding carboxylic acids is 1. The number of thioether (sulfide) groups is 1. The highest BCUT2D eigenvalue weighted by Gasteiger charge is 2.26. The van der Waals surface area contributed by atoms with E-state index in [0.717, 1.165) is 30.0 Å². The molecule has 2 rings (SSSR count). The van der Waals surface area contributed by atoms with Crippen molar-refractivity contribution in [3.05, 3.63) is 29.8 Å².